The lowest BCUT2D eigenvalue weighted by Gasteiger charge is -2.16. The number of aliphatic carboxylic acids is 1. The molecule has 0 saturated carbocycles. The Bertz CT molecular complexity index is 486. The second kappa shape index (κ2) is 26.3. The van der Waals surface area contributed by atoms with Crippen molar-refractivity contribution in [2.45, 2.75) is 168 Å². The van der Waals surface area contributed by atoms with E-state index in [1.165, 1.54) is 96.3 Å². The Hall–Kier alpha value is -1.32. The maximum atomic E-state index is 12.2. The summed E-state index contributed by atoms with van der Waals surface area (Å²) in [6, 6.07) is 0. The van der Waals surface area contributed by atoms with Gasteiger partial charge in [0.15, 0.2) is 0 Å². The molecule has 0 saturated heterocycles. The predicted molar refractivity (Wildman–Crippen MR) is 144 cm³/mol. The zero-order valence-corrected chi connectivity index (χ0v) is 22.7. The molecule has 0 bridgehead atoms. The molecule has 34 heavy (non-hydrogen) atoms. The maximum absolute atomic E-state index is 12.2. The number of carboxylic acids is 1. The van der Waals surface area contributed by atoms with Gasteiger partial charge in [0.25, 0.3) is 0 Å². The molecule has 0 aliphatic rings. The smallest absolute Gasteiger partial charge is 0.307 e. The number of allylic oxidation sites excluding steroid dienone is 2. The van der Waals surface area contributed by atoms with Gasteiger partial charge in [-0.15, -0.1) is 0 Å². The zero-order valence-electron chi connectivity index (χ0n) is 22.7. The molecule has 0 rings (SSSR count). The largest absolute Gasteiger partial charge is 0.481 e. The van der Waals surface area contributed by atoms with Crippen molar-refractivity contribution in [2.24, 2.45) is 0 Å². The van der Waals surface area contributed by atoms with Crippen molar-refractivity contribution >= 4 is 11.9 Å². The number of hydrogen-bond acceptors (Lipinski definition) is 3. The second-order valence-electron chi connectivity index (χ2n) is 9.95. The monoisotopic (exact) mass is 480 g/mol. The molecule has 4 nitrogen and oxygen atoms in total. The van der Waals surface area contributed by atoms with E-state index in [4.69, 9.17) is 9.84 Å². The zero-order chi connectivity index (χ0) is 25.1. The van der Waals surface area contributed by atoms with E-state index in [1.54, 1.807) is 0 Å². The quantitative estimate of drug-likeness (QED) is 0.0760. The lowest BCUT2D eigenvalue weighted by molar-refractivity contribution is -0.153. The van der Waals surface area contributed by atoms with E-state index in [9.17, 15) is 9.59 Å². The molecule has 1 atom stereocenters. The molecule has 0 aromatic heterocycles. The van der Waals surface area contributed by atoms with Gasteiger partial charge in [0.2, 0.25) is 0 Å². The Morgan fingerprint density at radius 3 is 1.68 bits per heavy atom. The molecule has 0 aromatic rings. The van der Waals surface area contributed by atoms with Crippen LogP contribution in [-0.4, -0.2) is 23.1 Å². The topological polar surface area (TPSA) is 63.6 Å². The molecular formula is C30H56O4. The minimum absolute atomic E-state index is 0.0734. The SMILES string of the molecule is CCCC/C=C\CCCCCCCCC(=O)OC(CCCCCCCCCCCC)CC(=O)O. The third kappa shape index (κ3) is 25.3. The van der Waals surface area contributed by atoms with Gasteiger partial charge in [-0.25, -0.2) is 0 Å². The number of rotatable bonds is 26. The van der Waals surface area contributed by atoms with Gasteiger partial charge in [0.05, 0.1) is 6.42 Å². The van der Waals surface area contributed by atoms with Gasteiger partial charge < -0.3 is 9.84 Å². The fourth-order valence-corrected chi connectivity index (χ4v) is 4.30. The number of ether oxygens (including phenoxy) is 1. The van der Waals surface area contributed by atoms with Crippen LogP contribution in [0.5, 0.6) is 0 Å². The summed E-state index contributed by atoms with van der Waals surface area (Å²) in [5, 5.41) is 9.15. The van der Waals surface area contributed by atoms with Gasteiger partial charge >= 0.3 is 11.9 Å². The number of carbonyl (C=O) groups is 2. The highest BCUT2D eigenvalue weighted by Crippen LogP contribution is 2.16. The molecule has 4 heteroatoms. The highest BCUT2D eigenvalue weighted by Gasteiger charge is 2.17. The van der Waals surface area contributed by atoms with Gasteiger partial charge in [0.1, 0.15) is 6.10 Å². The first kappa shape index (κ1) is 32.7. The van der Waals surface area contributed by atoms with Gasteiger partial charge in [0, 0.05) is 6.42 Å². The molecule has 0 fully saturated rings. The van der Waals surface area contributed by atoms with Crippen LogP contribution in [0.15, 0.2) is 12.2 Å². The molecule has 0 aliphatic heterocycles. The first-order valence-corrected chi connectivity index (χ1v) is 14.7. The average Bonchev–Trinajstić information content (AvgIpc) is 2.80. The minimum Gasteiger partial charge on any atom is -0.481 e. The molecule has 0 amide bonds. The Morgan fingerprint density at radius 1 is 0.647 bits per heavy atom. The molecule has 0 radical (unpaired) electrons. The summed E-state index contributed by atoms with van der Waals surface area (Å²) in [6.45, 7) is 4.47. The van der Waals surface area contributed by atoms with Crippen molar-refractivity contribution in [1.29, 1.82) is 0 Å². The molecule has 0 aromatic carbocycles. The molecule has 0 heterocycles. The van der Waals surface area contributed by atoms with Crippen molar-refractivity contribution in [3.05, 3.63) is 12.2 Å². The van der Waals surface area contributed by atoms with Crippen LogP contribution in [0, 0.1) is 0 Å². The molecule has 200 valence electrons. The Morgan fingerprint density at radius 2 is 1.12 bits per heavy atom. The van der Waals surface area contributed by atoms with Crippen LogP contribution in [0.1, 0.15) is 162 Å². The molecule has 0 aliphatic carbocycles. The number of hydrogen-bond donors (Lipinski definition) is 1. The third-order valence-electron chi connectivity index (χ3n) is 6.47. The van der Waals surface area contributed by atoms with E-state index in [2.05, 4.69) is 26.0 Å². The number of carboxylic acid groups (broad SMARTS) is 1. The van der Waals surface area contributed by atoms with E-state index in [0.29, 0.717) is 12.8 Å². The van der Waals surface area contributed by atoms with Crippen LogP contribution in [0.25, 0.3) is 0 Å². The molecule has 1 unspecified atom stereocenters. The van der Waals surface area contributed by atoms with E-state index < -0.39 is 12.1 Å². The molecular weight excluding hydrogens is 424 g/mol. The summed E-state index contributed by atoms with van der Waals surface area (Å²) < 4.78 is 5.52. The summed E-state index contributed by atoms with van der Waals surface area (Å²) >= 11 is 0. The summed E-state index contributed by atoms with van der Waals surface area (Å²) in [5.74, 6) is -1.11. The number of esters is 1. The molecule has 0 spiro atoms. The molecule has 1 N–H and O–H groups in total. The summed E-state index contributed by atoms with van der Waals surface area (Å²) in [7, 11) is 0. The number of carbonyl (C=O) groups excluding carboxylic acids is 1. The van der Waals surface area contributed by atoms with Crippen LogP contribution in [0.4, 0.5) is 0 Å². The fraction of sp³-hybridized carbons (Fsp3) is 0.867. The summed E-state index contributed by atoms with van der Waals surface area (Å²) in [6.07, 6.45) is 29.3. The third-order valence-corrected chi connectivity index (χ3v) is 6.47. The van der Waals surface area contributed by atoms with Crippen LogP contribution in [0.2, 0.25) is 0 Å². The summed E-state index contributed by atoms with van der Waals surface area (Å²) in [4.78, 5) is 23.3. The highest BCUT2D eigenvalue weighted by molar-refractivity contribution is 5.71. The van der Waals surface area contributed by atoms with E-state index in [-0.39, 0.29) is 12.4 Å². The second-order valence-corrected chi connectivity index (χ2v) is 9.95. The Balaban J connectivity index is 3.73. The van der Waals surface area contributed by atoms with Crippen molar-refractivity contribution in [3.63, 3.8) is 0 Å². The highest BCUT2D eigenvalue weighted by atomic mass is 16.5. The van der Waals surface area contributed by atoms with Crippen LogP contribution in [-0.2, 0) is 14.3 Å². The average molecular weight is 481 g/mol. The lowest BCUT2D eigenvalue weighted by atomic mass is 10.0. The van der Waals surface area contributed by atoms with Gasteiger partial charge in [-0.05, 0) is 38.5 Å². The van der Waals surface area contributed by atoms with Gasteiger partial charge in [-0.2, -0.15) is 0 Å². The summed E-state index contributed by atoms with van der Waals surface area (Å²) in [5.41, 5.74) is 0. The minimum atomic E-state index is -0.884. The predicted octanol–water partition coefficient (Wildman–Crippen LogP) is 9.55. The van der Waals surface area contributed by atoms with E-state index in [0.717, 1.165) is 32.1 Å². The lowest BCUT2D eigenvalue weighted by Crippen LogP contribution is -2.21. The van der Waals surface area contributed by atoms with Crippen molar-refractivity contribution in [1.82, 2.24) is 0 Å². The Labute approximate surface area is 211 Å². The van der Waals surface area contributed by atoms with Crippen molar-refractivity contribution < 1.29 is 19.4 Å². The first-order chi connectivity index (χ1) is 16.6. The van der Waals surface area contributed by atoms with Crippen molar-refractivity contribution in [3.8, 4) is 0 Å². The van der Waals surface area contributed by atoms with E-state index >= 15 is 0 Å². The fourth-order valence-electron chi connectivity index (χ4n) is 4.30. The Kier molecular flexibility index (Phi) is 25.3. The maximum Gasteiger partial charge on any atom is 0.307 e. The van der Waals surface area contributed by atoms with Gasteiger partial charge in [-0.3, -0.25) is 9.59 Å². The van der Waals surface area contributed by atoms with E-state index in [1.807, 2.05) is 0 Å². The number of unbranched alkanes of at least 4 members (excludes halogenated alkanes) is 17. The van der Waals surface area contributed by atoms with Crippen LogP contribution >= 0.6 is 0 Å². The standard InChI is InChI=1S/C30H56O4/c1-3-5-7-9-11-13-15-16-18-20-22-24-26-30(33)34-28(27-29(31)32)25-23-21-19-17-14-12-10-8-6-4-2/h9,11,28H,3-8,10,12-27H2,1-2H3,(H,31,32)/b11-9-. The van der Waals surface area contributed by atoms with Gasteiger partial charge in [-0.1, -0.05) is 122 Å². The van der Waals surface area contributed by atoms with Crippen LogP contribution in [0.3, 0.4) is 0 Å². The van der Waals surface area contributed by atoms with Crippen LogP contribution < -0.4 is 0 Å². The van der Waals surface area contributed by atoms with Crippen molar-refractivity contribution in [2.75, 3.05) is 0 Å². The normalized spacial score (nSPS) is 12.3. The first-order valence-electron chi connectivity index (χ1n) is 14.7.